The number of rotatable bonds is 6. The van der Waals surface area contributed by atoms with Crippen molar-refractivity contribution in [2.45, 2.75) is 32.5 Å². The van der Waals surface area contributed by atoms with E-state index in [9.17, 15) is 14.4 Å². The van der Waals surface area contributed by atoms with Crippen LogP contribution in [-0.2, 0) is 25.7 Å². The molecular weight excluding hydrogens is 288 g/mol. The van der Waals surface area contributed by atoms with Gasteiger partial charge in [0.05, 0.1) is 13.2 Å². The van der Waals surface area contributed by atoms with Crippen LogP contribution in [0.3, 0.4) is 0 Å². The second-order valence-electron chi connectivity index (χ2n) is 4.70. The van der Waals surface area contributed by atoms with Crippen LogP contribution in [0.1, 0.15) is 19.4 Å². The summed E-state index contributed by atoms with van der Waals surface area (Å²) in [6, 6.07) is 7.52. The molecule has 7 heteroatoms. The monoisotopic (exact) mass is 308 g/mol. The number of carbonyl (C=O) groups excluding carboxylic acids is 3. The first-order chi connectivity index (χ1) is 10.4. The average molecular weight is 308 g/mol. The average Bonchev–Trinajstić information content (AvgIpc) is 2.50. The normalized spacial score (nSPS) is 12.7. The fourth-order valence-electron chi connectivity index (χ4n) is 1.77. The molecule has 0 saturated carbocycles. The highest BCUT2D eigenvalue weighted by molar-refractivity contribution is 5.84. The van der Waals surface area contributed by atoms with Gasteiger partial charge < -0.3 is 20.1 Å². The Balaban J connectivity index is 2.53. The van der Waals surface area contributed by atoms with Gasteiger partial charge in [0, 0.05) is 6.92 Å². The molecule has 0 aromatic heterocycles. The van der Waals surface area contributed by atoms with Gasteiger partial charge in [0.1, 0.15) is 12.6 Å². The maximum Gasteiger partial charge on any atom is 0.407 e. The largest absolute Gasteiger partial charge is 0.467 e. The molecule has 120 valence electrons. The highest BCUT2D eigenvalue weighted by atomic mass is 16.5. The molecule has 0 fully saturated rings. The van der Waals surface area contributed by atoms with Crippen LogP contribution in [0.15, 0.2) is 30.3 Å². The van der Waals surface area contributed by atoms with Crippen LogP contribution in [0.5, 0.6) is 0 Å². The van der Waals surface area contributed by atoms with Crippen molar-refractivity contribution in [3.63, 3.8) is 0 Å². The summed E-state index contributed by atoms with van der Waals surface area (Å²) in [5, 5.41) is 4.92. The Morgan fingerprint density at radius 1 is 1.14 bits per heavy atom. The Morgan fingerprint density at radius 2 is 1.77 bits per heavy atom. The predicted octanol–water partition coefficient (Wildman–Crippen LogP) is 0.979. The first kappa shape index (κ1) is 17.5. The minimum atomic E-state index is -0.980. The molecule has 0 aliphatic heterocycles. The van der Waals surface area contributed by atoms with Crippen LogP contribution >= 0.6 is 0 Å². The molecule has 1 aromatic carbocycles. The first-order valence-electron chi connectivity index (χ1n) is 6.76. The van der Waals surface area contributed by atoms with E-state index in [1.165, 1.54) is 14.0 Å². The van der Waals surface area contributed by atoms with Crippen molar-refractivity contribution in [2.24, 2.45) is 0 Å². The molecule has 0 heterocycles. The van der Waals surface area contributed by atoms with Gasteiger partial charge in [-0.25, -0.2) is 9.59 Å². The Bertz CT molecular complexity index is 518. The van der Waals surface area contributed by atoms with Crippen LogP contribution in [0, 0.1) is 0 Å². The second-order valence-corrected chi connectivity index (χ2v) is 4.70. The van der Waals surface area contributed by atoms with Crippen LogP contribution < -0.4 is 10.6 Å². The molecule has 0 aliphatic rings. The summed E-state index contributed by atoms with van der Waals surface area (Å²) < 4.78 is 9.65. The molecule has 7 nitrogen and oxygen atoms in total. The molecule has 0 spiro atoms. The minimum absolute atomic E-state index is 0.114. The molecule has 0 unspecified atom stereocenters. The zero-order chi connectivity index (χ0) is 16.5. The van der Waals surface area contributed by atoms with E-state index in [2.05, 4.69) is 15.4 Å². The van der Waals surface area contributed by atoms with Gasteiger partial charge in [0.15, 0.2) is 0 Å². The van der Waals surface area contributed by atoms with E-state index in [0.717, 1.165) is 5.56 Å². The van der Waals surface area contributed by atoms with Crippen molar-refractivity contribution in [1.82, 2.24) is 10.6 Å². The van der Waals surface area contributed by atoms with Crippen LogP contribution in [0.25, 0.3) is 0 Å². The Kier molecular flexibility index (Phi) is 6.88. The lowest BCUT2D eigenvalue weighted by Crippen LogP contribution is -2.54. The third-order valence-corrected chi connectivity index (χ3v) is 2.87. The molecule has 2 atom stereocenters. The van der Waals surface area contributed by atoms with Gasteiger partial charge in [-0.2, -0.15) is 0 Å². The van der Waals surface area contributed by atoms with E-state index in [1.807, 2.05) is 30.3 Å². The Hall–Kier alpha value is -2.57. The number of carbonyl (C=O) groups is 3. The fourth-order valence-corrected chi connectivity index (χ4v) is 1.77. The zero-order valence-electron chi connectivity index (χ0n) is 12.8. The third-order valence-electron chi connectivity index (χ3n) is 2.87. The number of alkyl carbamates (subject to hydrolysis) is 1. The molecule has 1 rings (SSSR count). The number of esters is 1. The summed E-state index contributed by atoms with van der Waals surface area (Å²) in [5.74, 6) is -1.05. The zero-order valence-corrected chi connectivity index (χ0v) is 12.8. The van der Waals surface area contributed by atoms with Gasteiger partial charge in [-0.3, -0.25) is 4.79 Å². The number of benzene rings is 1. The van der Waals surface area contributed by atoms with Crippen LogP contribution in [0.4, 0.5) is 4.79 Å². The summed E-state index contributed by atoms with van der Waals surface area (Å²) in [4.78, 5) is 34.5. The van der Waals surface area contributed by atoms with E-state index in [0.29, 0.717) is 0 Å². The Labute approximate surface area is 129 Å². The maximum atomic E-state index is 11.7. The van der Waals surface area contributed by atoms with E-state index >= 15 is 0 Å². The maximum absolute atomic E-state index is 11.7. The van der Waals surface area contributed by atoms with Gasteiger partial charge in [0.25, 0.3) is 0 Å². The van der Waals surface area contributed by atoms with Gasteiger partial charge in [0.2, 0.25) is 5.91 Å². The van der Waals surface area contributed by atoms with Crippen molar-refractivity contribution in [3.8, 4) is 0 Å². The molecular formula is C15H20N2O5. The SMILES string of the molecule is COC(=O)[C@@H](NC(C)=O)[C@@H](C)NC(=O)OCc1ccccc1. The summed E-state index contributed by atoms with van der Waals surface area (Å²) in [7, 11) is 1.21. The number of amides is 2. The van der Waals surface area contributed by atoms with E-state index < -0.39 is 30.1 Å². The standard InChI is InChI=1S/C15H20N2O5/c1-10(13(14(19)21-3)17-11(2)18)16-15(20)22-9-12-7-5-4-6-8-12/h4-8,10,13H,9H2,1-3H3,(H,16,20)(H,17,18)/t10-,13+/m1/s1. The number of methoxy groups -OCH3 is 1. The lowest BCUT2D eigenvalue weighted by Gasteiger charge is -2.23. The fraction of sp³-hybridized carbons (Fsp3) is 0.400. The van der Waals surface area contributed by atoms with Gasteiger partial charge >= 0.3 is 12.1 Å². The topological polar surface area (TPSA) is 93.7 Å². The van der Waals surface area contributed by atoms with Crippen LogP contribution in [0.2, 0.25) is 0 Å². The van der Waals surface area contributed by atoms with E-state index in [4.69, 9.17) is 4.74 Å². The number of hydrogen-bond acceptors (Lipinski definition) is 5. The highest BCUT2D eigenvalue weighted by Crippen LogP contribution is 2.02. The lowest BCUT2D eigenvalue weighted by molar-refractivity contribution is -0.145. The summed E-state index contributed by atoms with van der Waals surface area (Å²) in [5.41, 5.74) is 0.844. The summed E-state index contributed by atoms with van der Waals surface area (Å²) >= 11 is 0. The lowest BCUT2D eigenvalue weighted by atomic mass is 10.1. The molecule has 0 aliphatic carbocycles. The molecule has 0 bridgehead atoms. The molecule has 2 N–H and O–H groups in total. The number of nitrogens with one attached hydrogen (secondary N) is 2. The quantitative estimate of drug-likeness (QED) is 0.764. The molecule has 0 radical (unpaired) electrons. The smallest absolute Gasteiger partial charge is 0.407 e. The molecule has 22 heavy (non-hydrogen) atoms. The minimum Gasteiger partial charge on any atom is -0.467 e. The molecule has 2 amide bonds. The van der Waals surface area contributed by atoms with Crippen molar-refractivity contribution < 1.29 is 23.9 Å². The number of ether oxygens (including phenoxy) is 2. The highest BCUT2D eigenvalue weighted by Gasteiger charge is 2.28. The van der Waals surface area contributed by atoms with Crippen molar-refractivity contribution >= 4 is 18.0 Å². The summed E-state index contributed by atoms with van der Waals surface area (Å²) in [6.45, 7) is 2.96. The van der Waals surface area contributed by atoms with E-state index in [-0.39, 0.29) is 6.61 Å². The van der Waals surface area contributed by atoms with Crippen molar-refractivity contribution in [1.29, 1.82) is 0 Å². The Morgan fingerprint density at radius 3 is 2.32 bits per heavy atom. The second kappa shape index (κ2) is 8.66. The third kappa shape index (κ3) is 5.82. The van der Waals surface area contributed by atoms with Gasteiger partial charge in [-0.1, -0.05) is 30.3 Å². The van der Waals surface area contributed by atoms with Crippen LogP contribution in [-0.4, -0.2) is 37.2 Å². The van der Waals surface area contributed by atoms with Gasteiger partial charge in [-0.05, 0) is 12.5 Å². The number of hydrogen-bond donors (Lipinski definition) is 2. The van der Waals surface area contributed by atoms with Gasteiger partial charge in [-0.15, -0.1) is 0 Å². The van der Waals surface area contributed by atoms with Crippen molar-refractivity contribution in [3.05, 3.63) is 35.9 Å². The molecule has 1 aromatic rings. The summed E-state index contributed by atoms with van der Waals surface area (Å²) in [6.07, 6.45) is -0.685. The van der Waals surface area contributed by atoms with E-state index in [1.54, 1.807) is 6.92 Å². The first-order valence-corrected chi connectivity index (χ1v) is 6.76. The molecule has 0 saturated heterocycles. The van der Waals surface area contributed by atoms with Crippen molar-refractivity contribution in [2.75, 3.05) is 7.11 Å². The predicted molar refractivity (Wildman–Crippen MR) is 78.8 cm³/mol.